The molecule has 3 heteroatoms. The predicted octanol–water partition coefficient (Wildman–Crippen LogP) is 1.09. The van der Waals surface area contributed by atoms with Gasteiger partial charge in [0.15, 0.2) is 0 Å². The highest BCUT2D eigenvalue weighted by Crippen LogP contribution is 2.08. The van der Waals surface area contributed by atoms with Crippen LogP contribution in [0.1, 0.15) is 25.6 Å². The molecule has 0 aliphatic carbocycles. The summed E-state index contributed by atoms with van der Waals surface area (Å²) in [6, 6.07) is 2.43. The zero-order chi connectivity index (χ0) is 8.27. The topological polar surface area (TPSA) is 29.9 Å². The van der Waals surface area contributed by atoms with Crippen molar-refractivity contribution in [2.75, 3.05) is 6.54 Å². The normalized spacial score (nSPS) is 13.4. The zero-order valence-corrected chi connectivity index (χ0v) is 7.33. The van der Waals surface area contributed by atoms with Crippen molar-refractivity contribution in [2.24, 2.45) is 7.05 Å². The van der Waals surface area contributed by atoms with Crippen LogP contribution in [0.3, 0.4) is 0 Å². The van der Waals surface area contributed by atoms with Gasteiger partial charge < -0.3 is 5.32 Å². The lowest BCUT2D eigenvalue weighted by Crippen LogP contribution is -2.20. The Morgan fingerprint density at radius 2 is 2.45 bits per heavy atom. The van der Waals surface area contributed by atoms with E-state index >= 15 is 0 Å². The van der Waals surface area contributed by atoms with E-state index in [0.29, 0.717) is 6.04 Å². The van der Waals surface area contributed by atoms with Gasteiger partial charge in [0.2, 0.25) is 0 Å². The van der Waals surface area contributed by atoms with Gasteiger partial charge in [0, 0.05) is 19.3 Å². The highest BCUT2D eigenvalue weighted by molar-refractivity contribution is 5.04. The minimum atomic E-state index is 0.396. The maximum absolute atomic E-state index is 4.10. The molecule has 0 spiro atoms. The molecule has 1 aromatic heterocycles. The van der Waals surface area contributed by atoms with E-state index in [1.807, 2.05) is 24.0 Å². The molecule has 1 N–H and O–H groups in total. The first-order valence-corrected chi connectivity index (χ1v) is 3.97. The van der Waals surface area contributed by atoms with Crippen molar-refractivity contribution in [3.63, 3.8) is 0 Å². The second-order valence-electron chi connectivity index (χ2n) is 2.66. The van der Waals surface area contributed by atoms with Crippen LogP contribution in [0.2, 0.25) is 0 Å². The van der Waals surface area contributed by atoms with Crippen molar-refractivity contribution < 1.29 is 0 Å². The molecule has 1 rings (SSSR count). The summed E-state index contributed by atoms with van der Waals surface area (Å²) >= 11 is 0. The average molecular weight is 153 g/mol. The molecule has 1 unspecified atom stereocenters. The summed E-state index contributed by atoms with van der Waals surface area (Å²) in [6.45, 7) is 5.24. The second kappa shape index (κ2) is 3.53. The van der Waals surface area contributed by atoms with Gasteiger partial charge >= 0.3 is 0 Å². The molecule has 0 fully saturated rings. The van der Waals surface area contributed by atoms with Crippen LogP contribution in [0.4, 0.5) is 0 Å². The van der Waals surface area contributed by atoms with Crippen LogP contribution in [0.25, 0.3) is 0 Å². The van der Waals surface area contributed by atoms with E-state index < -0.39 is 0 Å². The molecular weight excluding hydrogens is 138 g/mol. The third-order valence-electron chi connectivity index (χ3n) is 1.81. The van der Waals surface area contributed by atoms with Gasteiger partial charge in [-0.15, -0.1) is 0 Å². The molecule has 1 aromatic rings. The van der Waals surface area contributed by atoms with Crippen LogP contribution >= 0.6 is 0 Å². The SMILES string of the molecule is CCNC(C)c1ccnn1C. The summed E-state index contributed by atoms with van der Waals surface area (Å²) in [5, 5.41) is 7.42. The van der Waals surface area contributed by atoms with Gasteiger partial charge in [0.05, 0.1) is 5.69 Å². The van der Waals surface area contributed by atoms with Crippen molar-refractivity contribution in [2.45, 2.75) is 19.9 Å². The number of rotatable bonds is 3. The van der Waals surface area contributed by atoms with Crippen molar-refractivity contribution >= 4 is 0 Å². The number of nitrogens with one attached hydrogen (secondary N) is 1. The minimum absolute atomic E-state index is 0.396. The maximum Gasteiger partial charge on any atom is 0.0547 e. The van der Waals surface area contributed by atoms with Crippen LogP contribution in [-0.4, -0.2) is 16.3 Å². The second-order valence-corrected chi connectivity index (χ2v) is 2.66. The molecule has 1 atom stereocenters. The van der Waals surface area contributed by atoms with Crippen LogP contribution in [0.5, 0.6) is 0 Å². The van der Waals surface area contributed by atoms with E-state index in [1.54, 1.807) is 0 Å². The molecule has 11 heavy (non-hydrogen) atoms. The van der Waals surface area contributed by atoms with Crippen LogP contribution in [-0.2, 0) is 7.05 Å². The molecule has 0 bridgehead atoms. The lowest BCUT2D eigenvalue weighted by atomic mass is 10.2. The summed E-state index contributed by atoms with van der Waals surface area (Å²) in [7, 11) is 1.96. The Labute approximate surface area is 67.4 Å². The molecule has 0 saturated heterocycles. The summed E-state index contributed by atoms with van der Waals surface area (Å²) in [6.07, 6.45) is 1.82. The van der Waals surface area contributed by atoms with Gasteiger partial charge in [-0.2, -0.15) is 5.10 Å². The molecule has 0 saturated carbocycles. The number of aromatic nitrogens is 2. The van der Waals surface area contributed by atoms with Gasteiger partial charge in [-0.1, -0.05) is 6.92 Å². The standard InChI is InChI=1S/C8H15N3/c1-4-9-7(2)8-5-6-10-11(8)3/h5-7,9H,4H2,1-3H3. The van der Waals surface area contributed by atoms with Gasteiger partial charge in [-0.3, -0.25) is 4.68 Å². The van der Waals surface area contributed by atoms with Crippen LogP contribution in [0, 0.1) is 0 Å². The fourth-order valence-corrected chi connectivity index (χ4v) is 1.22. The first kappa shape index (κ1) is 8.27. The molecule has 1 heterocycles. The predicted molar refractivity (Wildman–Crippen MR) is 45.3 cm³/mol. The van der Waals surface area contributed by atoms with Gasteiger partial charge in [0.25, 0.3) is 0 Å². The molecule has 0 aliphatic rings. The average Bonchev–Trinajstić information content (AvgIpc) is 2.36. The quantitative estimate of drug-likeness (QED) is 0.704. The van der Waals surface area contributed by atoms with E-state index in [4.69, 9.17) is 0 Å². The monoisotopic (exact) mass is 153 g/mol. The largest absolute Gasteiger partial charge is 0.309 e. The van der Waals surface area contributed by atoms with Gasteiger partial charge in [-0.05, 0) is 19.5 Å². The molecule has 0 amide bonds. The Balaban J connectivity index is 2.67. The molecule has 0 aromatic carbocycles. The Kier molecular flexibility index (Phi) is 2.65. The Bertz CT molecular complexity index is 217. The smallest absolute Gasteiger partial charge is 0.0547 e. The summed E-state index contributed by atoms with van der Waals surface area (Å²) in [5.74, 6) is 0. The third-order valence-corrected chi connectivity index (χ3v) is 1.81. The molecule has 0 radical (unpaired) electrons. The van der Waals surface area contributed by atoms with Crippen LogP contribution < -0.4 is 5.32 Å². The van der Waals surface area contributed by atoms with Crippen molar-refractivity contribution in [1.82, 2.24) is 15.1 Å². The number of aryl methyl sites for hydroxylation is 1. The van der Waals surface area contributed by atoms with E-state index in [2.05, 4.69) is 24.3 Å². The number of nitrogens with zero attached hydrogens (tertiary/aromatic N) is 2. The highest BCUT2D eigenvalue weighted by atomic mass is 15.3. The minimum Gasteiger partial charge on any atom is -0.309 e. The Morgan fingerprint density at radius 3 is 2.91 bits per heavy atom. The third kappa shape index (κ3) is 1.80. The number of hydrogen-bond donors (Lipinski definition) is 1. The van der Waals surface area contributed by atoms with Gasteiger partial charge in [-0.25, -0.2) is 0 Å². The summed E-state index contributed by atoms with van der Waals surface area (Å²) in [4.78, 5) is 0. The van der Waals surface area contributed by atoms with Crippen molar-refractivity contribution in [3.8, 4) is 0 Å². The first-order valence-electron chi connectivity index (χ1n) is 3.97. The van der Waals surface area contributed by atoms with Crippen LogP contribution in [0.15, 0.2) is 12.3 Å². The molecule has 3 nitrogen and oxygen atoms in total. The summed E-state index contributed by atoms with van der Waals surface area (Å²) < 4.78 is 1.90. The molecule has 0 aliphatic heterocycles. The molecular formula is C8H15N3. The van der Waals surface area contributed by atoms with E-state index in [1.165, 1.54) is 5.69 Å². The first-order chi connectivity index (χ1) is 5.25. The van der Waals surface area contributed by atoms with Crippen molar-refractivity contribution in [3.05, 3.63) is 18.0 Å². The molecule has 62 valence electrons. The Hall–Kier alpha value is -0.830. The van der Waals surface area contributed by atoms with E-state index in [-0.39, 0.29) is 0 Å². The number of hydrogen-bond acceptors (Lipinski definition) is 2. The summed E-state index contributed by atoms with van der Waals surface area (Å²) in [5.41, 5.74) is 1.23. The highest BCUT2D eigenvalue weighted by Gasteiger charge is 2.05. The fraction of sp³-hybridized carbons (Fsp3) is 0.625. The van der Waals surface area contributed by atoms with E-state index in [0.717, 1.165) is 6.54 Å². The zero-order valence-electron chi connectivity index (χ0n) is 7.33. The fourth-order valence-electron chi connectivity index (χ4n) is 1.22. The maximum atomic E-state index is 4.10. The lowest BCUT2D eigenvalue weighted by Gasteiger charge is -2.11. The Morgan fingerprint density at radius 1 is 1.73 bits per heavy atom. The van der Waals surface area contributed by atoms with E-state index in [9.17, 15) is 0 Å². The van der Waals surface area contributed by atoms with Crippen molar-refractivity contribution in [1.29, 1.82) is 0 Å². The lowest BCUT2D eigenvalue weighted by molar-refractivity contribution is 0.546. The van der Waals surface area contributed by atoms with Gasteiger partial charge in [0.1, 0.15) is 0 Å².